The number of nitrogens with zero attached hydrogens (tertiary/aromatic N) is 1. The van der Waals surface area contributed by atoms with E-state index in [-0.39, 0.29) is 18.2 Å². The first-order chi connectivity index (χ1) is 15.0. The molecule has 0 aromatic heterocycles. The topological polar surface area (TPSA) is 110 Å². The van der Waals surface area contributed by atoms with Gasteiger partial charge in [0.25, 0.3) is 5.91 Å². The first-order valence-corrected chi connectivity index (χ1v) is 10.1. The molecule has 0 saturated carbocycles. The highest BCUT2D eigenvalue weighted by atomic mass is 16.5. The summed E-state index contributed by atoms with van der Waals surface area (Å²) >= 11 is 0. The number of anilines is 1. The molecule has 2 aromatic carbocycles. The Morgan fingerprint density at radius 2 is 1.52 bits per heavy atom. The van der Waals surface area contributed by atoms with E-state index in [0.29, 0.717) is 54.9 Å². The van der Waals surface area contributed by atoms with Gasteiger partial charge < -0.3 is 24.8 Å². The summed E-state index contributed by atoms with van der Waals surface area (Å²) in [5, 5.41) is 14.0. The number of benzene rings is 2. The maximum absolute atomic E-state index is 12.8. The summed E-state index contributed by atoms with van der Waals surface area (Å²) in [7, 11) is 0. The Kier molecular flexibility index (Phi) is 9.17. The lowest BCUT2D eigenvalue weighted by molar-refractivity contribution is -0.120. The molecule has 0 radical (unpaired) electrons. The molecule has 2 rings (SSSR count). The van der Waals surface area contributed by atoms with Gasteiger partial charge in [0.15, 0.2) is 11.5 Å². The van der Waals surface area contributed by atoms with Gasteiger partial charge in [-0.3, -0.25) is 9.59 Å². The molecule has 0 aliphatic carbocycles. The van der Waals surface area contributed by atoms with Crippen molar-refractivity contribution in [2.75, 3.05) is 25.1 Å². The molecule has 2 aromatic rings. The van der Waals surface area contributed by atoms with Crippen LogP contribution in [0.4, 0.5) is 5.69 Å². The zero-order valence-corrected chi connectivity index (χ0v) is 18.0. The van der Waals surface area contributed by atoms with E-state index < -0.39 is 0 Å². The van der Waals surface area contributed by atoms with E-state index in [1.54, 1.807) is 42.5 Å². The highest BCUT2D eigenvalue weighted by Crippen LogP contribution is 2.39. The zero-order chi connectivity index (χ0) is 22.6. The van der Waals surface area contributed by atoms with Gasteiger partial charge in [-0.2, -0.15) is 5.26 Å². The van der Waals surface area contributed by atoms with Gasteiger partial charge in [0.1, 0.15) is 6.42 Å². The molecule has 0 heterocycles. The minimum Gasteiger partial charge on any atom is -0.490 e. The van der Waals surface area contributed by atoms with Crippen molar-refractivity contribution in [1.82, 2.24) is 5.32 Å². The Bertz CT molecular complexity index is 908. The Balaban J connectivity index is 2.15. The zero-order valence-electron chi connectivity index (χ0n) is 18.0. The van der Waals surface area contributed by atoms with E-state index in [2.05, 4.69) is 10.6 Å². The molecule has 31 heavy (non-hydrogen) atoms. The van der Waals surface area contributed by atoms with E-state index in [4.69, 9.17) is 19.5 Å². The summed E-state index contributed by atoms with van der Waals surface area (Å²) in [5.41, 5.74) is 1.83. The van der Waals surface area contributed by atoms with Gasteiger partial charge in [0, 0.05) is 17.8 Å². The van der Waals surface area contributed by atoms with Crippen molar-refractivity contribution in [3.8, 4) is 23.3 Å². The first-order valence-electron chi connectivity index (χ1n) is 10.1. The molecule has 0 unspecified atom stereocenters. The monoisotopic (exact) mass is 425 g/mol. The molecule has 0 atom stereocenters. The van der Waals surface area contributed by atoms with Gasteiger partial charge in [-0.1, -0.05) is 12.1 Å². The van der Waals surface area contributed by atoms with Gasteiger partial charge in [0.2, 0.25) is 11.7 Å². The molecule has 2 N–H and O–H groups in total. The number of hydrogen-bond acceptors (Lipinski definition) is 6. The highest BCUT2D eigenvalue weighted by Gasteiger charge is 2.18. The number of carbonyl (C=O) groups excluding carboxylic acids is 2. The van der Waals surface area contributed by atoms with Crippen molar-refractivity contribution >= 4 is 17.5 Å². The fourth-order valence-corrected chi connectivity index (χ4v) is 2.76. The van der Waals surface area contributed by atoms with Crippen LogP contribution >= 0.6 is 0 Å². The molecule has 0 bridgehead atoms. The van der Waals surface area contributed by atoms with Crippen molar-refractivity contribution in [3.05, 3.63) is 47.5 Å². The standard InChI is InChI=1S/C23H27N3O5/c1-4-29-19-13-17(14-20(30-5-2)22(19)31-6-3)23(28)26-18-9-7-16(8-10-18)15-25-21(27)11-12-24/h7-10,13-14H,4-6,11,15H2,1-3H3,(H,25,27)(H,26,28). The van der Waals surface area contributed by atoms with Crippen LogP contribution in [0.25, 0.3) is 0 Å². The van der Waals surface area contributed by atoms with Gasteiger partial charge in [0.05, 0.1) is 25.9 Å². The number of hydrogen-bond donors (Lipinski definition) is 2. The summed E-state index contributed by atoms with van der Waals surface area (Å²) in [6.45, 7) is 7.16. The predicted octanol–water partition coefficient (Wildman–Crippen LogP) is 3.66. The Hall–Kier alpha value is -3.73. The van der Waals surface area contributed by atoms with Crippen molar-refractivity contribution < 1.29 is 23.8 Å². The summed E-state index contributed by atoms with van der Waals surface area (Å²) in [6.07, 6.45) is -0.177. The lowest BCUT2D eigenvalue weighted by atomic mass is 10.1. The van der Waals surface area contributed by atoms with Crippen LogP contribution in [-0.4, -0.2) is 31.6 Å². The fraction of sp³-hybridized carbons (Fsp3) is 0.348. The maximum Gasteiger partial charge on any atom is 0.255 e. The molecule has 0 spiro atoms. The third-order valence-corrected chi connectivity index (χ3v) is 4.11. The SMILES string of the molecule is CCOc1cc(C(=O)Nc2ccc(CNC(=O)CC#N)cc2)cc(OCC)c1OCC. The number of nitriles is 1. The second kappa shape index (κ2) is 12.1. The van der Waals surface area contributed by atoms with Crippen molar-refractivity contribution in [1.29, 1.82) is 5.26 Å². The minimum atomic E-state index is -0.328. The van der Waals surface area contributed by atoms with E-state index >= 15 is 0 Å². The number of amides is 2. The normalized spacial score (nSPS) is 10.0. The molecule has 8 nitrogen and oxygen atoms in total. The highest BCUT2D eigenvalue weighted by molar-refractivity contribution is 6.05. The van der Waals surface area contributed by atoms with Gasteiger partial charge in [-0.25, -0.2) is 0 Å². The third-order valence-electron chi connectivity index (χ3n) is 4.11. The molecule has 0 aliphatic heterocycles. The lowest BCUT2D eigenvalue weighted by Crippen LogP contribution is -2.21. The van der Waals surface area contributed by atoms with Crippen LogP contribution in [0.1, 0.15) is 43.1 Å². The predicted molar refractivity (Wildman–Crippen MR) is 116 cm³/mol. The Morgan fingerprint density at radius 1 is 0.935 bits per heavy atom. The molecule has 164 valence electrons. The average molecular weight is 425 g/mol. The Morgan fingerprint density at radius 3 is 2.03 bits per heavy atom. The average Bonchev–Trinajstić information content (AvgIpc) is 2.76. The fourth-order valence-electron chi connectivity index (χ4n) is 2.76. The second-order valence-electron chi connectivity index (χ2n) is 6.36. The molecular weight excluding hydrogens is 398 g/mol. The summed E-state index contributed by atoms with van der Waals surface area (Å²) in [4.78, 5) is 24.2. The van der Waals surface area contributed by atoms with Crippen LogP contribution < -0.4 is 24.8 Å². The number of carbonyl (C=O) groups is 2. The quantitative estimate of drug-likeness (QED) is 0.569. The number of ether oxygens (including phenoxy) is 3. The molecule has 0 aliphatic rings. The van der Waals surface area contributed by atoms with E-state index in [0.717, 1.165) is 5.56 Å². The number of nitrogens with one attached hydrogen (secondary N) is 2. The van der Waals surface area contributed by atoms with E-state index in [9.17, 15) is 9.59 Å². The van der Waals surface area contributed by atoms with Crippen molar-refractivity contribution in [2.45, 2.75) is 33.7 Å². The van der Waals surface area contributed by atoms with E-state index in [1.165, 1.54) is 0 Å². The van der Waals surface area contributed by atoms with Gasteiger partial charge in [-0.15, -0.1) is 0 Å². The maximum atomic E-state index is 12.8. The molecule has 0 fully saturated rings. The Labute approximate surface area is 182 Å². The van der Waals surface area contributed by atoms with Crippen LogP contribution in [-0.2, 0) is 11.3 Å². The van der Waals surface area contributed by atoms with Crippen LogP contribution in [0.5, 0.6) is 17.2 Å². The molecular formula is C23H27N3O5. The molecule has 2 amide bonds. The largest absolute Gasteiger partial charge is 0.490 e. The summed E-state index contributed by atoms with van der Waals surface area (Å²) < 4.78 is 17.0. The molecule has 8 heteroatoms. The van der Waals surface area contributed by atoms with Crippen molar-refractivity contribution in [3.63, 3.8) is 0 Å². The second-order valence-corrected chi connectivity index (χ2v) is 6.36. The van der Waals surface area contributed by atoms with Crippen LogP contribution in [0.15, 0.2) is 36.4 Å². The van der Waals surface area contributed by atoms with Gasteiger partial charge >= 0.3 is 0 Å². The summed E-state index contributed by atoms with van der Waals surface area (Å²) in [6, 6.07) is 12.1. The van der Waals surface area contributed by atoms with Crippen LogP contribution in [0, 0.1) is 11.3 Å². The summed E-state index contributed by atoms with van der Waals surface area (Å²) in [5.74, 6) is 0.726. The smallest absolute Gasteiger partial charge is 0.255 e. The van der Waals surface area contributed by atoms with Crippen LogP contribution in [0.3, 0.4) is 0 Å². The minimum absolute atomic E-state index is 0.177. The first kappa shape index (κ1) is 23.5. The molecule has 0 saturated heterocycles. The lowest BCUT2D eigenvalue weighted by Gasteiger charge is -2.17. The third kappa shape index (κ3) is 6.93. The van der Waals surface area contributed by atoms with E-state index in [1.807, 2.05) is 20.8 Å². The van der Waals surface area contributed by atoms with Crippen LogP contribution in [0.2, 0.25) is 0 Å². The van der Waals surface area contributed by atoms with Gasteiger partial charge in [-0.05, 0) is 50.6 Å². The number of rotatable bonds is 11. The van der Waals surface area contributed by atoms with Crippen molar-refractivity contribution in [2.24, 2.45) is 0 Å².